The maximum absolute atomic E-state index is 13.2. The van der Waals surface area contributed by atoms with E-state index in [0.29, 0.717) is 35.3 Å². The van der Waals surface area contributed by atoms with Crippen molar-refractivity contribution in [1.29, 1.82) is 5.26 Å². The van der Waals surface area contributed by atoms with Gasteiger partial charge < -0.3 is 9.30 Å². The van der Waals surface area contributed by atoms with Crippen molar-refractivity contribution in [2.75, 3.05) is 5.75 Å². The summed E-state index contributed by atoms with van der Waals surface area (Å²) in [5, 5.41) is 19.8. The van der Waals surface area contributed by atoms with Crippen LogP contribution in [0.1, 0.15) is 41.5 Å². The Labute approximate surface area is 206 Å². The molecule has 4 aromatic rings. The zero-order valence-corrected chi connectivity index (χ0v) is 19.9. The number of aryl methyl sites for hydroxylation is 1. The van der Waals surface area contributed by atoms with Crippen molar-refractivity contribution >= 4 is 40.0 Å². The highest BCUT2D eigenvalue weighted by molar-refractivity contribution is 7.99. The molecule has 0 unspecified atom stereocenters. The van der Waals surface area contributed by atoms with E-state index in [4.69, 9.17) is 21.6 Å². The number of hydrogen-bond acceptors (Lipinski definition) is 6. The van der Waals surface area contributed by atoms with Gasteiger partial charge in [-0.1, -0.05) is 53.7 Å². The molecular formula is C25H22ClN5O2S. The fourth-order valence-corrected chi connectivity index (χ4v) is 5.04. The standard InChI is InChI=1S/C25H22ClN5O2S/c26-20-7-2-4-9-23(20)33-15-24-28-29-25(31(24)17-10-11-17)34-16-22(32)19-14-30(13-5-12-27)21-8-3-1-6-18(19)21/h1-4,6-9,14,17H,5,10-11,13,15-16H2. The lowest BCUT2D eigenvalue weighted by molar-refractivity contribution is 0.102. The number of aromatic nitrogens is 4. The molecule has 2 aromatic heterocycles. The van der Waals surface area contributed by atoms with E-state index >= 15 is 0 Å². The maximum atomic E-state index is 13.2. The molecular weight excluding hydrogens is 470 g/mol. The fourth-order valence-electron chi connectivity index (χ4n) is 3.94. The molecule has 0 radical (unpaired) electrons. The zero-order chi connectivity index (χ0) is 23.5. The highest BCUT2D eigenvalue weighted by Gasteiger charge is 2.30. The summed E-state index contributed by atoms with van der Waals surface area (Å²) in [6, 6.07) is 17.6. The lowest BCUT2D eigenvalue weighted by Gasteiger charge is -2.10. The van der Waals surface area contributed by atoms with E-state index < -0.39 is 0 Å². The number of Topliss-reactive ketones (excluding diaryl/α,β-unsaturated/α-hetero) is 1. The quantitative estimate of drug-likeness (QED) is 0.209. The second-order valence-electron chi connectivity index (χ2n) is 8.09. The summed E-state index contributed by atoms with van der Waals surface area (Å²) in [4.78, 5) is 13.2. The van der Waals surface area contributed by atoms with Crippen LogP contribution in [0.4, 0.5) is 0 Å². The van der Waals surface area contributed by atoms with Crippen LogP contribution in [-0.4, -0.2) is 30.9 Å². The van der Waals surface area contributed by atoms with Crippen LogP contribution in [0.25, 0.3) is 10.9 Å². The predicted molar refractivity (Wildman–Crippen MR) is 131 cm³/mol. The second kappa shape index (κ2) is 9.92. The summed E-state index contributed by atoms with van der Waals surface area (Å²) in [6.07, 6.45) is 4.38. The summed E-state index contributed by atoms with van der Waals surface area (Å²) in [5.41, 5.74) is 1.63. The zero-order valence-electron chi connectivity index (χ0n) is 18.4. The Morgan fingerprint density at radius 2 is 1.97 bits per heavy atom. The van der Waals surface area contributed by atoms with E-state index in [2.05, 4.69) is 20.8 Å². The smallest absolute Gasteiger partial charge is 0.192 e. The number of carbonyl (C=O) groups is 1. The number of benzene rings is 2. The maximum Gasteiger partial charge on any atom is 0.192 e. The molecule has 172 valence electrons. The third kappa shape index (κ3) is 4.67. The molecule has 7 nitrogen and oxygen atoms in total. The van der Waals surface area contributed by atoms with Gasteiger partial charge in [0.25, 0.3) is 0 Å². The van der Waals surface area contributed by atoms with E-state index in [-0.39, 0.29) is 18.1 Å². The van der Waals surface area contributed by atoms with Gasteiger partial charge in [0.1, 0.15) is 12.4 Å². The van der Waals surface area contributed by atoms with Crippen molar-refractivity contribution in [1.82, 2.24) is 19.3 Å². The van der Waals surface area contributed by atoms with Gasteiger partial charge in [-0.25, -0.2) is 0 Å². The number of rotatable bonds is 10. The first-order chi connectivity index (χ1) is 16.7. The number of hydrogen-bond donors (Lipinski definition) is 0. The Morgan fingerprint density at radius 1 is 1.18 bits per heavy atom. The van der Waals surface area contributed by atoms with Crippen LogP contribution in [0, 0.1) is 11.3 Å². The number of para-hydroxylation sites is 2. The van der Waals surface area contributed by atoms with E-state index in [1.165, 1.54) is 11.8 Å². The van der Waals surface area contributed by atoms with Crippen molar-refractivity contribution in [2.24, 2.45) is 0 Å². The van der Waals surface area contributed by atoms with E-state index in [0.717, 1.165) is 34.7 Å². The van der Waals surface area contributed by atoms with Gasteiger partial charge >= 0.3 is 0 Å². The molecule has 2 aromatic carbocycles. The molecule has 0 N–H and O–H groups in total. The molecule has 0 bridgehead atoms. The van der Waals surface area contributed by atoms with Crippen LogP contribution < -0.4 is 4.74 Å². The summed E-state index contributed by atoms with van der Waals surface area (Å²) in [6.45, 7) is 0.816. The molecule has 1 aliphatic carbocycles. The second-order valence-corrected chi connectivity index (χ2v) is 9.44. The number of ketones is 1. The largest absolute Gasteiger partial charge is 0.484 e. The number of thioether (sulfide) groups is 1. The number of nitriles is 1. The molecule has 1 saturated carbocycles. The van der Waals surface area contributed by atoms with Gasteiger partial charge in [0, 0.05) is 35.2 Å². The SMILES string of the molecule is N#CCCn1cc(C(=O)CSc2nnc(COc3ccccc3Cl)n2C2CC2)c2ccccc21. The lowest BCUT2D eigenvalue weighted by Crippen LogP contribution is -2.08. The van der Waals surface area contributed by atoms with Gasteiger partial charge in [-0.2, -0.15) is 5.26 Å². The Balaban J connectivity index is 1.31. The van der Waals surface area contributed by atoms with Gasteiger partial charge in [-0.05, 0) is 31.0 Å². The van der Waals surface area contributed by atoms with Crippen molar-refractivity contribution in [2.45, 2.75) is 43.6 Å². The van der Waals surface area contributed by atoms with Gasteiger partial charge in [0.15, 0.2) is 16.8 Å². The van der Waals surface area contributed by atoms with Crippen molar-refractivity contribution < 1.29 is 9.53 Å². The van der Waals surface area contributed by atoms with Crippen LogP contribution >= 0.6 is 23.4 Å². The number of nitrogens with zero attached hydrogens (tertiary/aromatic N) is 5. The van der Waals surface area contributed by atoms with Crippen LogP contribution in [0.2, 0.25) is 5.02 Å². The molecule has 2 heterocycles. The molecule has 5 rings (SSSR count). The minimum Gasteiger partial charge on any atom is -0.484 e. The Kier molecular flexibility index (Phi) is 6.57. The average molecular weight is 492 g/mol. The summed E-state index contributed by atoms with van der Waals surface area (Å²) in [7, 11) is 0. The van der Waals surface area contributed by atoms with Gasteiger partial charge in [-0.3, -0.25) is 9.36 Å². The van der Waals surface area contributed by atoms with E-state index in [1.807, 2.05) is 53.2 Å². The van der Waals surface area contributed by atoms with Crippen LogP contribution in [0.15, 0.2) is 59.9 Å². The minimum absolute atomic E-state index is 0.0242. The fraction of sp³-hybridized carbons (Fsp3) is 0.280. The Hall–Kier alpha value is -3.28. The van der Waals surface area contributed by atoms with Crippen LogP contribution in [0.3, 0.4) is 0 Å². The van der Waals surface area contributed by atoms with Crippen LogP contribution in [-0.2, 0) is 13.2 Å². The van der Waals surface area contributed by atoms with E-state index in [9.17, 15) is 4.79 Å². The van der Waals surface area contributed by atoms with Crippen molar-refractivity contribution in [3.05, 3.63) is 71.1 Å². The molecule has 34 heavy (non-hydrogen) atoms. The van der Waals surface area contributed by atoms with Crippen molar-refractivity contribution in [3.63, 3.8) is 0 Å². The summed E-state index contributed by atoms with van der Waals surface area (Å²) in [5.74, 6) is 1.61. The number of ether oxygens (including phenoxy) is 1. The first kappa shape index (κ1) is 22.5. The lowest BCUT2D eigenvalue weighted by atomic mass is 10.1. The molecule has 0 spiro atoms. The minimum atomic E-state index is 0.0242. The highest BCUT2D eigenvalue weighted by atomic mass is 35.5. The molecule has 0 amide bonds. The van der Waals surface area contributed by atoms with Gasteiger partial charge in [0.2, 0.25) is 0 Å². The number of fused-ring (bicyclic) bond motifs is 1. The Bertz CT molecular complexity index is 1390. The third-order valence-corrected chi connectivity index (χ3v) is 6.98. The number of halogens is 1. The summed E-state index contributed by atoms with van der Waals surface area (Å²) < 4.78 is 9.94. The first-order valence-electron chi connectivity index (χ1n) is 11.1. The van der Waals surface area contributed by atoms with E-state index in [1.54, 1.807) is 6.07 Å². The highest BCUT2D eigenvalue weighted by Crippen LogP contribution is 2.39. The molecule has 1 aliphatic rings. The predicted octanol–water partition coefficient (Wildman–Crippen LogP) is 5.69. The molecule has 0 aliphatic heterocycles. The number of carbonyl (C=O) groups excluding carboxylic acids is 1. The molecule has 0 atom stereocenters. The average Bonchev–Trinajstić information content (AvgIpc) is 3.51. The first-order valence-corrected chi connectivity index (χ1v) is 12.4. The topological polar surface area (TPSA) is 85.7 Å². The molecule has 9 heteroatoms. The normalized spacial score (nSPS) is 13.2. The third-order valence-electron chi connectivity index (χ3n) is 5.73. The Morgan fingerprint density at radius 3 is 2.76 bits per heavy atom. The van der Waals surface area contributed by atoms with Crippen LogP contribution in [0.5, 0.6) is 5.75 Å². The monoisotopic (exact) mass is 491 g/mol. The van der Waals surface area contributed by atoms with Gasteiger partial charge in [-0.15, -0.1) is 10.2 Å². The van der Waals surface area contributed by atoms with Crippen molar-refractivity contribution in [3.8, 4) is 11.8 Å². The summed E-state index contributed by atoms with van der Waals surface area (Å²) >= 11 is 7.59. The molecule has 0 saturated heterocycles. The van der Waals surface area contributed by atoms with Gasteiger partial charge in [0.05, 0.1) is 23.3 Å². The molecule has 1 fully saturated rings.